The lowest BCUT2D eigenvalue weighted by Gasteiger charge is -2.20. The van der Waals surface area contributed by atoms with Crippen molar-refractivity contribution >= 4 is 29.5 Å². The van der Waals surface area contributed by atoms with Gasteiger partial charge in [0.15, 0.2) is 0 Å². The summed E-state index contributed by atoms with van der Waals surface area (Å²) in [4.78, 5) is 36.2. The molecule has 2 rings (SSSR count). The van der Waals surface area contributed by atoms with Crippen LogP contribution in [0.4, 0.5) is 0 Å². The van der Waals surface area contributed by atoms with Crippen molar-refractivity contribution in [1.82, 2.24) is 10.6 Å². The number of methoxy groups -OCH3 is 1. The molecule has 0 saturated carbocycles. The number of hydrogen-bond acceptors (Lipinski definition) is 5. The summed E-state index contributed by atoms with van der Waals surface area (Å²) in [5.41, 5.74) is 0.825. The maximum absolute atomic E-state index is 12.3. The number of carbonyl (C=O) groups excluding carboxylic acids is 3. The summed E-state index contributed by atoms with van der Waals surface area (Å²) < 4.78 is 4.71. The lowest BCUT2D eigenvalue weighted by molar-refractivity contribution is -0.141. The largest absolute Gasteiger partial charge is 0.469 e. The minimum absolute atomic E-state index is 0.0432. The summed E-state index contributed by atoms with van der Waals surface area (Å²) in [5, 5.41) is 5.46. The smallest absolute Gasteiger partial charge is 0.307 e. The third-order valence-electron chi connectivity index (χ3n) is 3.74. The van der Waals surface area contributed by atoms with E-state index >= 15 is 0 Å². The SMILES string of the molecule is COC(=O)C[C@H](NC(=O)[C@H]1CCC(=O)N1)c1ccc(SC)cc1. The predicted molar refractivity (Wildman–Crippen MR) is 86.9 cm³/mol. The molecule has 0 unspecified atom stereocenters. The van der Waals surface area contributed by atoms with Crippen LogP contribution in [0.25, 0.3) is 0 Å². The molecule has 1 fully saturated rings. The van der Waals surface area contributed by atoms with Crippen LogP contribution in [-0.2, 0) is 19.1 Å². The number of ether oxygens (including phenoxy) is 1. The van der Waals surface area contributed by atoms with E-state index < -0.39 is 18.1 Å². The van der Waals surface area contributed by atoms with Gasteiger partial charge < -0.3 is 15.4 Å². The number of hydrogen-bond donors (Lipinski definition) is 2. The maximum Gasteiger partial charge on any atom is 0.307 e. The summed E-state index contributed by atoms with van der Waals surface area (Å²) in [6.07, 6.45) is 2.84. The Morgan fingerprint density at radius 2 is 2.09 bits per heavy atom. The highest BCUT2D eigenvalue weighted by Gasteiger charge is 2.29. The minimum Gasteiger partial charge on any atom is -0.469 e. The molecule has 1 aliphatic rings. The van der Waals surface area contributed by atoms with E-state index in [0.29, 0.717) is 12.8 Å². The Hall–Kier alpha value is -2.02. The zero-order valence-electron chi connectivity index (χ0n) is 13.1. The molecule has 2 amide bonds. The predicted octanol–water partition coefficient (Wildman–Crippen LogP) is 1.41. The van der Waals surface area contributed by atoms with E-state index in [2.05, 4.69) is 10.6 Å². The Morgan fingerprint density at radius 1 is 1.39 bits per heavy atom. The lowest BCUT2D eigenvalue weighted by Crippen LogP contribution is -2.43. The van der Waals surface area contributed by atoms with Crippen molar-refractivity contribution in [3.63, 3.8) is 0 Å². The molecule has 1 heterocycles. The summed E-state index contributed by atoms with van der Waals surface area (Å²) >= 11 is 1.62. The maximum atomic E-state index is 12.3. The lowest BCUT2D eigenvalue weighted by atomic mass is 10.0. The van der Waals surface area contributed by atoms with Gasteiger partial charge in [-0.3, -0.25) is 14.4 Å². The molecule has 6 nitrogen and oxygen atoms in total. The molecule has 124 valence electrons. The number of nitrogens with one attached hydrogen (secondary N) is 2. The number of amides is 2. The fourth-order valence-electron chi connectivity index (χ4n) is 2.42. The summed E-state index contributed by atoms with van der Waals surface area (Å²) in [7, 11) is 1.31. The number of esters is 1. The quantitative estimate of drug-likeness (QED) is 0.606. The van der Waals surface area contributed by atoms with Gasteiger partial charge in [0.05, 0.1) is 19.6 Å². The fraction of sp³-hybridized carbons (Fsp3) is 0.438. The summed E-state index contributed by atoms with van der Waals surface area (Å²) in [6, 6.07) is 6.62. The van der Waals surface area contributed by atoms with Crippen LogP contribution >= 0.6 is 11.8 Å². The molecule has 0 aliphatic carbocycles. The molecule has 1 aliphatic heterocycles. The van der Waals surface area contributed by atoms with Crippen molar-refractivity contribution in [2.75, 3.05) is 13.4 Å². The first-order valence-electron chi connectivity index (χ1n) is 7.34. The normalized spacial score (nSPS) is 18.2. The average molecular weight is 336 g/mol. The third kappa shape index (κ3) is 4.72. The van der Waals surface area contributed by atoms with Crippen molar-refractivity contribution in [2.24, 2.45) is 0 Å². The van der Waals surface area contributed by atoms with Crippen LogP contribution in [0.1, 0.15) is 30.9 Å². The van der Waals surface area contributed by atoms with Crippen molar-refractivity contribution in [1.29, 1.82) is 0 Å². The van der Waals surface area contributed by atoms with Crippen LogP contribution in [0.15, 0.2) is 29.2 Å². The number of carbonyl (C=O) groups is 3. The summed E-state index contributed by atoms with van der Waals surface area (Å²) in [6.45, 7) is 0. The van der Waals surface area contributed by atoms with Crippen LogP contribution < -0.4 is 10.6 Å². The topological polar surface area (TPSA) is 84.5 Å². The first-order chi connectivity index (χ1) is 11.0. The van der Waals surface area contributed by atoms with Gasteiger partial charge in [-0.15, -0.1) is 11.8 Å². The molecule has 1 aromatic rings. The second-order valence-corrected chi connectivity index (χ2v) is 6.15. The Labute approximate surface area is 139 Å². The Balaban J connectivity index is 2.11. The van der Waals surface area contributed by atoms with E-state index in [1.54, 1.807) is 11.8 Å². The Bertz CT molecular complexity index is 588. The standard InChI is InChI=1S/C16H20N2O4S/c1-22-15(20)9-13(10-3-5-11(23-2)6-4-10)18-16(21)12-7-8-14(19)17-12/h3-6,12-13H,7-9H2,1-2H3,(H,17,19)(H,18,21)/t12-,13+/m1/s1. The molecule has 2 atom stereocenters. The molecule has 23 heavy (non-hydrogen) atoms. The van der Waals surface area contributed by atoms with Crippen LogP contribution in [-0.4, -0.2) is 37.2 Å². The average Bonchev–Trinajstić information content (AvgIpc) is 3.00. The summed E-state index contributed by atoms with van der Waals surface area (Å²) in [5.74, 6) is -0.808. The molecule has 2 N–H and O–H groups in total. The van der Waals surface area contributed by atoms with Crippen LogP contribution in [0.3, 0.4) is 0 Å². The van der Waals surface area contributed by atoms with Gasteiger partial charge in [0.2, 0.25) is 11.8 Å². The molecular formula is C16H20N2O4S. The molecule has 0 spiro atoms. The molecule has 0 radical (unpaired) electrons. The number of rotatable bonds is 6. The van der Waals surface area contributed by atoms with Gasteiger partial charge in [0.1, 0.15) is 6.04 Å². The highest BCUT2D eigenvalue weighted by atomic mass is 32.2. The molecule has 1 aromatic carbocycles. The van der Waals surface area contributed by atoms with Crippen molar-refractivity contribution in [3.8, 4) is 0 Å². The molecule has 0 aromatic heterocycles. The van der Waals surface area contributed by atoms with E-state index in [1.807, 2.05) is 30.5 Å². The Kier molecular flexibility index (Phi) is 6.04. The Morgan fingerprint density at radius 3 is 2.61 bits per heavy atom. The van der Waals surface area contributed by atoms with Crippen molar-refractivity contribution < 1.29 is 19.1 Å². The second kappa shape index (κ2) is 8.01. The highest BCUT2D eigenvalue weighted by Crippen LogP contribution is 2.22. The minimum atomic E-state index is -0.534. The van der Waals surface area contributed by atoms with E-state index in [1.165, 1.54) is 7.11 Å². The zero-order valence-corrected chi connectivity index (χ0v) is 13.9. The van der Waals surface area contributed by atoms with E-state index in [0.717, 1.165) is 10.5 Å². The van der Waals surface area contributed by atoms with Gasteiger partial charge in [-0.05, 0) is 30.4 Å². The monoisotopic (exact) mass is 336 g/mol. The van der Waals surface area contributed by atoms with E-state index in [4.69, 9.17) is 4.74 Å². The van der Waals surface area contributed by atoms with Crippen molar-refractivity contribution in [2.45, 2.75) is 36.2 Å². The van der Waals surface area contributed by atoms with Gasteiger partial charge in [-0.1, -0.05) is 12.1 Å². The number of benzene rings is 1. The van der Waals surface area contributed by atoms with Gasteiger partial charge in [0.25, 0.3) is 0 Å². The first kappa shape index (κ1) is 17.3. The van der Waals surface area contributed by atoms with E-state index in [9.17, 15) is 14.4 Å². The third-order valence-corrected chi connectivity index (χ3v) is 4.49. The van der Waals surface area contributed by atoms with Gasteiger partial charge in [0, 0.05) is 11.3 Å². The van der Waals surface area contributed by atoms with Crippen LogP contribution in [0, 0.1) is 0 Å². The molecular weight excluding hydrogens is 316 g/mol. The molecule has 7 heteroatoms. The van der Waals surface area contributed by atoms with Gasteiger partial charge >= 0.3 is 5.97 Å². The fourth-order valence-corrected chi connectivity index (χ4v) is 2.83. The zero-order chi connectivity index (χ0) is 16.8. The van der Waals surface area contributed by atoms with Crippen LogP contribution in [0.2, 0.25) is 0 Å². The molecule has 0 bridgehead atoms. The van der Waals surface area contributed by atoms with Gasteiger partial charge in [-0.2, -0.15) is 0 Å². The van der Waals surface area contributed by atoms with E-state index in [-0.39, 0.29) is 18.2 Å². The highest BCUT2D eigenvalue weighted by molar-refractivity contribution is 7.98. The molecule has 1 saturated heterocycles. The van der Waals surface area contributed by atoms with Gasteiger partial charge in [-0.25, -0.2) is 0 Å². The number of thioether (sulfide) groups is 1. The first-order valence-corrected chi connectivity index (χ1v) is 8.56. The van der Waals surface area contributed by atoms with Crippen LogP contribution in [0.5, 0.6) is 0 Å². The second-order valence-electron chi connectivity index (χ2n) is 5.27. The van der Waals surface area contributed by atoms with Crippen molar-refractivity contribution in [3.05, 3.63) is 29.8 Å².